The molecule has 5 N–H and O–H groups in total. The number of hydrazine groups is 1. The van der Waals surface area contributed by atoms with Crippen LogP contribution in [0, 0.1) is 5.92 Å². The van der Waals surface area contributed by atoms with E-state index in [0.717, 1.165) is 25.7 Å². The van der Waals surface area contributed by atoms with Crippen LogP contribution >= 0.6 is 0 Å². The Bertz CT molecular complexity index is 213. The van der Waals surface area contributed by atoms with Crippen LogP contribution in [0.5, 0.6) is 0 Å². The molecule has 2 aliphatic rings. The van der Waals surface area contributed by atoms with Crippen molar-refractivity contribution in [1.29, 1.82) is 0 Å². The van der Waals surface area contributed by atoms with E-state index < -0.39 is 6.29 Å². The molecule has 0 aromatic rings. The van der Waals surface area contributed by atoms with Gasteiger partial charge in [-0.05, 0) is 19.3 Å². The Labute approximate surface area is 89.5 Å². The Kier molecular flexibility index (Phi) is 3.58. The molecule has 1 aliphatic heterocycles. The van der Waals surface area contributed by atoms with E-state index in [1.807, 2.05) is 0 Å². The molecule has 1 heterocycles. The number of rotatable bonds is 2. The van der Waals surface area contributed by atoms with Crippen molar-refractivity contribution in [1.82, 2.24) is 10.9 Å². The zero-order chi connectivity index (χ0) is 10.8. The molecular formula is C10H20N2O3. The second-order valence-electron chi connectivity index (χ2n) is 4.67. The van der Waals surface area contributed by atoms with E-state index in [1.165, 1.54) is 0 Å². The van der Waals surface area contributed by atoms with Gasteiger partial charge in [0.2, 0.25) is 0 Å². The van der Waals surface area contributed by atoms with Crippen LogP contribution < -0.4 is 10.9 Å². The smallest absolute Gasteiger partial charge is 0.168 e. The van der Waals surface area contributed by atoms with Crippen molar-refractivity contribution in [2.45, 2.75) is 56.6 Å². The second-order valence-corrected chi connectivity index (χ2v) is 4.67. The number of aliphatic hydroxyl groups excluding tert-OH is 2. The van der Waals surface area contributed by atoms with Crippen LogP contribution in [0.1, 0.15) is 32.1 Å². The summed E-state index contributed by atoms with van der Waals surface area (Å²) in [7, 11) is 0. The highest BCUT2D eigenvalue weighted by atomic mass is 16.5. The molecule has 0 aromatic carbocycles. The van der Waals surface area contributed by atoms with E-state index in [9.17, 15) is 5.11 Å². The van der Waals surface area contributed by atoms with E-state index in [4.69, 9.17) is 10.2 Å². The molecule has 5 heteroatoms. The van der Waals surface area contributed by atoms with Gasteiger partial charge in [0.05, 0.1) is 12.1 Å². The fourth-order valence-corrected chi connectivity index (χ4v) is 2.69. The Morgan fingerprint density at radius 1 is 1.07 bits per heavy atom. The first kappa shape index (κ1) is 11.3. The summed E-state index contributed by atoms with van der Waals surface area (Å²) in [6, 6.07) is -0.156. The number of aliphatic hydroxyl groups is 3. The van der Waals surface area contributed by atoms with Crippen LogP contribution in [0.15, 0.2) is 0 Å². The van der Waals surface area contributed by atoms with Gasteiger partial charge in [-0.25, -0.2) is 5.43 Å². The molecule has 1 saturated carbocycles. The molecule has 15 heavy (non-hydrogen) atoms. The summed E-state index contributed by atoms with van der Waals surface area (Å²) >= 11 is 0. The van der Waals surface area contributed by atoms with Crippen LogP contribution in [-0.2, 0) is 0 Å². The maximum absolute atomic E-state index is 9.86. The summed E-state index contributed by atoms with van der Waals surface area (Å²) in [5.74, 6) is 0.245. The maximum atomic E-state index is 9.86. The maximum Gasteiger partial charge on any atom is 0.168 e. The fourth-order valence-electron chi connectivity index (χ4n) is 2.69. The van der Waals surface area contributed by atoms with E-state index in [-0.39, 0.29) is 24.1 Å². The molecule has 5 nitrogen and oxygen atoms in total. The predicted molar refractivity (Wildman–Crippen MR) is 54.7 cm³/mol. The van der Waals surface area contributed by atoms with Crippen LogP contribution in [-0.4, -0.2) is 39.8 Å². The van der Waals surface area contributed by atoms with Gasteiger partial charge < -0.3 is 15.3 Å². The summed E-state index contributed by atoms with van der Waals surface area (Å²) < 4.78 is 0. The Hall–Kier alpha value is -0.200. The zero-order valence-corrected chi connectivity index (χ0v) is 8.76. The van der Waals surface area contributed by atoms with Crippen molar-refractivity contribution in [3.63, 3.8) is 0 Å². The van der Waals surface area contributed by atoms with E-state index in [0.29, 0.717) is 6.42 Å². The highest BCUT2D eigenvalue weighted by molar-refractivity contribution is 4.91. The van der Waals surface area contributed by atoms with Gasteiger partial charge in [0.25, 0.3) is 0 Å². The lowest BCUT2D eigenvalue weighted by Crippen LogP contribution is -2.43. The third-order valence-electron chi connectivity index (χ3n) is 3.62. The molecule has 1 aliphatic carbocycles. The lowest BCUT2D eigenvalue weighted by molar-refractivity contribution is -0.0643. The van der Waals surface area contributed by atoms with Gasteiger partial charge >= 0.3 is 0 Å². The molecule has 0 radical (unpaired) electrons. The minimum Gasteiger partial charge on any atom is -0.393 e. The number of hydrogen-bond acceptors (Lipinski definition) is 5. The molecule has 2 rings (SSSR count). The molecule has 4 unspecified atom stereocenters. The van der Waals surface area contributed by atoms with E-state index >= 15 is 0 Å². The Morgan fingerprint density at radius 3 is 2.40 bits per heavy atom. The van der Waals surface area contributed by atoms with Gasteiger partial charge in [0, 0.05) is 12.0 Å². The summed E-state index contributed by atoms with van der Waals surface area (Å²) in [6.45, 7) is 0. The quantitative estimate of drug-likeness (QED) is 0.386. The monoisotopic (exact) mass is 216 g/mol. The zero-order valence-electron chi connectivity index (χ0n) is 8.76. The lowest BCUT2D eigenvalue weighted by Gasteiger charge is -2.31. The molecule has 0 aromatic heterocycles. The fraction of sp³-hybridized carbons (Fsp3) is 1.00. The molecule has 0 bridgehead atoms. The average Bonchev–Trinajstić information content (AvgIpc) is 2.67. The van der Waals surface area contributed by atoms with Crippen molar-refractivity contribution >= 4 is 0 Å². The first-order chi connectivity index (χ1) is 7.18. The summed E-state index contributed by atoms with van der Waals surface area (Å²) in [5, 5.41) is 27.9. The Morgan fingerprint density at radius 2 is 1.80 bits per heavy atom. The SMILES string of the molecule is OC(O)C1CC(C2CCCCC2O)NN1. The predicted octanol–water partition coefficient (Wildman–Crippen LogP) is -0.917. The van der Waals surface area contributed by atoms with Gasteiger partial charge in [-0.3, -0.25) is 5.43 Å². The summed E-state index contributed by atoms with van der Waals surface area (Å²) in [5.41, 5.74) is 5.92. The van der Waals surface area contributed by atoms with Gasteiger partial charge in [0.1, 0.15) is 0 Å². The van der Waals surface area contributed by atoms with Crippen molar-refractivity contribution in [3.8, 4) is 0 Å². The lowest BCUT2D eigenvalue weighted by atomic mass is 9.80. The van der Waals surface area contributed by atoms with Crippen molar-refractivity contribution in [2.24, 2.45) is 5.92 Å². The highest BCUT2D eigenvalue weighted by Gasteiger charge is 2.37. The molecule has 4 atom stereocenters. The van der Waals surface area contributed by atoms with Crippen LogP contribution in [0.2, 0.25) is 0 Å². The first-order valence-corrected chi connectivity index (χ1v) is 5.73. The van der Waals surface area contributed by atoms with E-state index in [2.05, 4.69) is 10.9 Å². The molecule has 0 amide bonds. The topological polar surface area (TPSA) is 84.8 Å². The van der Waals surface area contributed by atoms with E-state index in [1.54, 1.807) is 0 Å². The average molecular weight is 216 g/mol. The second kappa shape index (κ2) is 4.76. The third kappa shape index (κ3) is 2.49. The highest BCUT2D eigenvalue weighted by Crippen LogP contribution is 2.30. The minimum absolute atomic E-state index is 0.159. The normalized spacial score (nSPS) is 42.4. The molecule has 88 valence electrons. The molecular weight excluding hydrogens is 196 g/mol. The minimum atomic E-state index is -1.33. The largest absolute Gasteiger partial charge is 0.393 e. The van der Waals surface area contributed by atoms with Gasteiger partial charge in [0.15, 0.2) is 6.29 Å². The Balaban J connectivity index is 1.89. The number of hydrogen-bond donors (Lipinski definition) is 5. The summed E-state index contributed by atoms with van der Waals surface area (Å²) in [6.07, 6.45) is 3.25. The first-order valence-electron chi connectivity index (χ1n) is 5.73. The van der Waals surface area contributed by atoms with Crippen molar-refractivity contribution < 1.29 is 15.3 Å². The number of nitrogens with one attached hydrogen (secondary N) is 2. The van der Waals surface area contributed by atoms with Gasteiger partial charge in [-0.1, -0.05) is 12.8 Å². The third-order valence-corrected chi connectivity index (χ3v) is 3.62. The van der Waals surface area contributed by atoms with Gasteiger partial charge in [-0.2, -0.15) is 0 Å². The van der Waals surface area contributed by atoms with Crippen LogP contribution in [0.4, 0.5) is 0 Å². The van der Waals surface area contributed by atoms with Gasteiger partial charge in [-0.15, -0.1) is 0 Å². The molecule has 2 fully saturated rings. The van der Waals surface area contributed by atoms with Crippen molar-refractivity contribution in [2.75, 3.05) is 0 Å². The molecule has 0 spiro atoms. The van der Waals surface area contributed by atoms with Crippen molar-refractivity contribution in [3.05, 3.63) is 0 Å². The van der Waals surface area contributed by atoms with Crippen LogP contribution in [0.25, 0.3) is 0 Å². The van der Waals surface area contributed by atoms with Crippen LogP contribution in [0.3, 0.4) is 0 Å². The standard InChI is InChI=1S/C10H20N2O3/c13-9-4-2-1-3-6(9)7-5-8(10(14)15)12-11-7/h6-15H,1-5H2. The summed E-state index contributed by atoms with van der Waals surface area (Å²) in [4.78, 5) is 0. The molecule has 1 saturated heterocycles.